The molecular formula is C29H34NO6P. The van der Waals surface area contributed by atoms with E-state index in [4.69, 9.17) is 9.47 Å². The molecule has 37 heavy (non-hydrogen) atoms. The van der Waals surface area contributed by atoms with E-state index in [2.05, 4.69) is 5.32 Å². The third-order valence-electron chi connectivity index (χ3n) is 6.03. The van der Waals surface area contributed by atoms with Gasteiger partial charge in [-0.25, -0.2) is 4.79 Å². The van der Waals surface area contributed by atoms with E-state index < -0.39 is 30.6 Å². The molecule has 0 aliphatic carbocycles. The van der Waals surface area contributed by atoms with Crippen molar-refractivity contribution in [2.45, 2.75) is 51.1 Å². The van der Waals surface area contributed by atoms with Crippen molar-refractivity contribution in [2.24, 2.45) is 0 Å². The summed E-state index contributed by atoms with van der Waals surface area (Å²) in [6.07, 6.45) is -1.11. The van der Waals surface area contributed by atoms with E-state index >= 15 is 0 Å². The van der Waals surface area contributed by atoms with Crippen LogP contribution < -0.4 is 5.32 Å². The number of rotatable bonds is 12. The Morgan fingerprint density at radius 3 is 1.86 bits per heavy atom. The van der Waals surface area contributed by atoms with Gasteiger partial charge in [0.15, 0.2) is 0 Å². The molecule has 2 N–H and O–H groups in total. The van der Waals surface area contributed by atoms with Gasteiger partial charge in [0, 0.05) is 12.6 Å². The van der Waals surface area contributed by atoms with Crippen molar-refractivity contribution in [1.29, 1.82) is 0 Å². The van der Waals surface area contributed by atoms with E-state index in [0.717, 1.165) is 16.7 Å². The van der Waals surface area contributed by atoms with E-state index in [9.17, 15) is 19.0 Å². The van der Waals surface area contributed by atoms with Crippen molar-refractivity contribution in [3.05, 3.63) is 108 Å². The molecule has 0 saturated carbocycles. The standard InChI is InChI=1S/C29H34NO6P/c1-29(2,25-16-10-5-11-17-25)22-37(33,34)26(30-28(32)36-21-24-14-8-4-9-15-24)18-19-27(31)35-20-23-12-6-3-7-13-23/h3-17,26H,18-22H2,1-2H3,(H,30,32)(H,33,34). The monoisotopic (exact) mass is 523 g/mol. The SMILES string of the molecule is CC(C)(CP(=O)(O)C(CCC(=O)OCc1ccccc1)NC(=O)OCc1ccccc1)c1ccccc1. The fourth-order valence-corrected chi connectivity index (χ4v) is 6.37. The molecule has 1 amide bonds. The Labute approximate surface area is 218 Å². The molecule has 2 unspecified atom stereocenters. The van der Waals surface area contributed by atoms with Crippen molar-refractivity contribution < 1.29 is 28.5 Å². The lowest BCUT2D eigenvalue weighted by Gasteiger charge is -2.32. The Morgan fingerprint density at radius 2 is 1.32 bits per heavy atom. The molecule has 0 aliphatic heterocycles. The highest BCUT2D eigenvalue weighted by molar-refractivity contribution is 7.58. The Bertz CT molecular complexity index is 1180. The van der Waals surface area contributed by atoms with Crippen molar-refractivity contribution in [3.8, 4) is 0 Å². The molecule has 196 valence electrons. The average Bonchev–Trinajstić information content (AvgIpc) is 2.89. The molecule has 7 nitrogen and oxygen atoms in total. The van der Waals surface area contributed by atoms with Crippen LogP contribution in [0.2, 0.25) is 0 Å². The van der Waals surface area contributed by atoms with Gasteiger partial charge in [-0.1, -0.05) is 105 Å². The largest absolute Gasteiger partial charge is 0.461 e. The molecule has 0 spiro atoms. The average molecular weight is 524 g/mol. The van der Waals surface area contributed by atoms with Gasteiger partial charge in [0.1, 0.15) is 19.0 Å². The maximum absolute atomic E-state index is 13.6. The lowest BCUT2D eigenvalue weighted by molar-refractivity contribution is -0.145. The third-order valence-corrected chi connectivity index (χ3v) is 8.63. The molecule has 8 heteroatoms. The molecule has 2 atom stereocenters. The normalized spacial score (nSPS) is 13.7. The highest BCUT2D eigenvalue weighted by Gasteiger charge is 2.39. The van der Waals surface area contributed by atoms with E-state index in [1.54, 1.807) is 0 Å². The number of esters is 1. The molecule has 0 aliphatic rings. The Kier molecular flexibility index (Phi) is 10.1. The van der Waals surface area contributed by atoms with Crippen LogP contribution in [-0.4, -0.2) is 28.9 Å². The van der Waals surface area contributed by atoms with E-state index in [0.29, 0.717) is 0 Å². The Balaban J connectivity index is 1.67. The van der Waals surface area contributed by atoms with Gasteiger partial charge in [0.25, 0.3) is 0 Å². The fourth-order valence-electron chi connectivity index (χ4n) is 4.00. The zero-order valence-electron chi connectivity index (χ0n) is 21.2. The first kappa shape index (κ1) is 28.2. The second-order valence-electron chi connectivity index (χ2n) is 9.57. The molecule has 3 aromatic rings. The molecule has 3 aromatic carbocycles. The predicted molar refractivity (Wildman–Crippen MR) is 143 cm³/mol. The third kappa shape index (κ3) is 9.19. The van der Waals surface area contributed by atoms with Crippen LogP contribution in [-0.2, 0) is 37.5 Å². The number of carbonyl (C=O) groups excluding carboxylic acids is 2. The van der Waals surface area contributed by atoms with Crippen molar-refractivity contribution >= 4 is 19.4 Å². The highest BCUT2D eigenvalue weighted by atomic mass is 31.2. The first-order valence-electron chi connectivity index (χ1n) is 12.2. The first-order chi connectivity index (χ1) is 17.7. The summed E-state index contributed by atoms with van der Waals surface area (Å²) in [5, 5.41) is 2.55. The lowest BCUT2D eigenvalue weighted by atomic mass is 9.87. The molecule has 0 radical (unpaired) electrons. The zero-order valence-corrected chi connectivity index (χ0v) is 22.1. The molecule has 0 bridgehead atoms. The molecule has 3 rings (SSSR count). The summed E-state index contributed by atoms with van der Waals surface area (Å²) in [7, 11) is -3.99. The number of ether oxygens (including phenoxy) is 2. The molecular weight excluding hydrogens is 489 g/mol. The van der Waals surface area contributed by atoms with Gasteiger partial charge in [-0.05, 0) is 28.5 Å². The van der Waals surface area contributed by atoms with Gasteiger partial charge < -0.3 is 19.7 Å². The minimum Gasteiger partial charge on any atom is -0.461 e. The van der Waals surface area contributed by atoms with Crippen LogP contribution >= 0.6 is 7.37 Å². The van der Waals surface area contributed by atoms with Gasteiger partial charge in [-0.2, -0.15) is 0 Å². The van der Waals surface area contributed by atoms with Gasteiger partial charge in [0.2, 0.25) is 7.37 Å². The summed E-state index contributed by atoms with van der Waals surface area (Å²) in [5.41, 5.74) is 1.88. The molecule has 0 heterocycles. The minimum atomic E-state index is -3.99. The number of amides is 1. The smallest absolute Gasteiger partial charge is 0.408 e. The second-order valence-corrected chi connectivity index (χ2v) is 12.0. The van der Waals surface area contributed by atoms with Crippen LogP contribution in [0.25, 0.3) is 0 Å². The summed E-state index contributed by atoms with van der Waals surface area (Å²) in [6.45, 7) is 3.88. The predicted octanol–water partition coefficient (Wildman–Crippen LogP) is 6.01. The summed E-state index contributed by atoms with van der Waals surface area (Å²) in [4.78, 5) is 36.2. The number of alkyl carbamates (subject to hydrolysis) is 1. The van der Waals surface area contributed by atoms with Gasteiger partial charge in [-0.3, -0.25) is 9.36 Å². The summed E-state index contributed by atoms with van der Waals surface area (Å²) < 4.78 is 24.2. The lowest BCUT2D eigenvalue weighted by Crippen LogP contribution is -2.38. The second kappa shape index (κ2) is 13.2. The number of carbonyl (C=O) groups is 2. The topological polar surface area (TPSA) is 102 Å². The van der Waals surface area contributed by atoms with Crippen LogP contribution in [0, 0.1) is 0 Å². The van der Waals surface area contributed by atoms with Crippen LogP contribution in [0.15, 0.2) is 91.0 Å². The van der Waals surface area contributed by atoms with Gasteiger partial charge in [0.05, 0.1) is 0 Å². The Morgan fingerprint density at radius 1 is 0.838 bits per heavy atom. The summed E-state index contributed by atoms with van der Waals surface area (Å²) in [6, 6.07) is 27.8. The summed E-state index contributed by atoms with van der Waals surface area (Å²) >= 11 is 0. The van der Waals surface area contributed by atoms with Crippen molar-refractivity contribution in [1.82, 2.24) is 5.32 Å². The van der Waals surface area contributed by atoms with E-state index in [1.807, 2.05) is 105 Å². The number of nitrogens with one attached hydrogen (secondary N) is 1. The molecule has 0 fully saturated rings. The number of hydrogen-bond donors (Lipinski definition) is 2. The first-order valence-corrected chi connectivity index (χ1v) is 14.1. The van der Waals surface area contributed by atoms with Crippen LogP contribution in [0.4, 0.5) is 4.79 Å². The van der Waals surface area contributed by atoms with E-state index in [1.165, 1.54) is 0 Å². The number of benzene rings is 3. The van der Waals surface area contributed by atoms with Crippen molar-refractivity contribution in [3.63, 3.8) is 0 Å². The van der Waals surface area contributed by atoms with Gasteiger partial charge >= 0.3 is 12.1 Å². The maximum atomic E-state index is 13.6. The maximum Gasteiger partial charge on any atom is 0.408 e. The zero-order chi connectivity index (χ0) is 26.7. The van der Waals surface area contributed by atoms with Gasteiger partial charge in [-0.15, -0.1) is 0 Å². The van der Waals surface area contributed by atoms with Crippen LogP contribution in [0.1, 0.15) is 43.4 Å². The fraction of sp³-hybridized carbons (Fsp3) is 0.310. The van der Waals surface area contributed by atoms with Crippen molar-refractivity contribution in [2.75, 3.05) is 6.16 Å². The van der Waals surface area contributed by atoms with E-state index in [-0.39, 0.29) is 32.2 Å². The minimum absolute atomic E-state index is 0.0176. The quantitative estimate of drug-likeness (QED) is 0.223. The number of hydrogen-bond acceptors (Lipinski definition) is 5. The Hall–Kier alpha value is -3.41. The molecule has 0 aromatic heterocycles. The molecule has 0 saturated heterocycles. The van der Waals surface area contributed by atoms with Crippen LogP contribution in [0.3, 0.4) is 0 Å². The summed E-state index contributed by atoms with van der Waals surface area (Å²) in [5.74, 6) is -1.70. The van der Waals surface area contributed by atoms with Crippen LogP contribution in [0.5, 0.6) is 0 Å². The highest BCUT2D eigenvalue weighted by Crippen LogP contribution is 2.51.